The molecule has 2 aliphatic rings. The number of carbonyl (C=O) groups is 1. The highest BCUT2D eigenvalue weighted by atomic mass is 16.5. The predicted octanol–water partition coefficient (Wildman–Crippen LogP) is 2.18. The van der Waals surface area contributed by atoms with E-state index < -0.39 is 0 Å². The molecule has 2 aromatic rings. The quantitative estimate of drug-likeness (QED) is 0.847. The summed E-state index contributed by atoms with van der Waals surface area (Å²) in [5, 5.41) is 4.05. The summed E-state index contributed by atoms with van der Waals surface area (Å²) < 4.78 is 11.3. The average molecular weight is 342 g/mol. The van der Waals surface area contributed by atoms with E-state index in [-0.39, 0.29) is 18.1 Å². The van der Waals surface area contributed by atoms with Gasteiger partial charge in [-0.15, -0.1) is 0 Å². The summed E-state index contributed by atoms with van der Waals surface area (Å²) in [5.74, 6) is 1.76. The number of nitrogens with zero attached hydrogens (tertiary/aromatic N) is 4. The minimum absolute atomic E-state index is 0.0717. The smallest absolute Gasteiger partial charge is 0.257 e. The molecular formula is C18H22N4O3. The highest BCUT2D eigenvalue weighted by molar-refractivity contribution is 5.79. The fourth-order valence-corrected chi connectivity index (χ4v) is 3.15. The van der Waals surface area contributed by atoms with E-state index in [0.717, 1.165) is 29.8 Å². The average Bonchev–Trinajstić information content (AvgIpc) is 3.33. The molecule has 4 rings (SSSR count). The second-order valence-corrected chi connectivity index (χ2v) is 6.98. The fraction of sp³-hybridized carbons (Fsp3) is 0.556. The second-order valence-electron chi connectivity index (χ2n) is 6.98. The van der Waals surface area contributed by atoms with Crippen molar-refractivity contribution in [2.75, 3.05) is 13.1 Å². The van der Waals surface area contributed by atoms with Crippen molar-refractivity contribution in [2.45, 2.75) is 51.2 Å². The van der Waals surface area contributed by atoms with E-state index in [2.05, 4.69) is 15.1 Å². The molecular weight excluding hydrogens is 320 g/mol. The number of ether oxygens (including phenoxy) is 1. The van der Waals surface area contributed by atoms with Gasteiger partial charge in [0.1, 0.15) is 0 Å². The molecule has 0 unspecified atom stereocenters. The Balaban J connectivity index is 1.46. The van der Waals surface area contributed by atoms with Gasteiger partial charge in [-0.1, -0.05) is 5.16 Å². The number of hydrogen-bond acceptors (Lipinski definition) is 6. The number of amides is 1. The Hall–Kier alpha value is -2.28. The molecule has 0 spiro atoms. The summed E-state index contributed by atoms with van der Waals surface area (Å²) in [4.78, 5) is 23.1. The van der Waals surface area contributed by atoms with E-state index in [4.69, 9.17) is 9.26 Å². The van der Waals surface area contributed by atoms with E-state index in [0.29, 0.717) is 31.3 Å². The summed E-state index contributed by atoms with van der Waals surface area (Å²) in [6, 6.07) is 1.90. The van der Waals surface area contributed by atoms with E-state index in [1.807, 2.05) is 24.8 Å². The first-order valence-corrected chi connectivity index (χ1v) is 8.76. The molecule has 1 saturated heterocycles. The number of hydrogen-bond donors (Lipinski definition) is 0. The van der Waals surface area contributed by atoms with E-state index >= 15 is 0 Å². The summed E-state index contributed by atoms with van der Waals surface area (Å²) >= 11 is 0. The molecule has 132 valence electrons. The zero-order valence-electron chi connectivity index (χ0n) is 14.5. The Bertz CT molecular complexity index is 771. The minimum Gasteiger partial charge on any atom is -0.362 e. The van der Waals surface area contributed by atoms with Crippen LogP contribution >= 0.6 is 0 Å². The van der Waals surface area contributed by atoms with Crippen molar-refractivity contribution >= 4 is 5.91 Å². The van der Waals surface area contributed by atoms with Crippen LogP contribution in [0.3, 0.4) is 0 Å². The van der Waals surface area contributed by atoms with Gasteiger partial charge in [0.2, 0.25) is 5.91 Å². The van der Waals surface area contributed by atoms with Gasteiger partial charge < -0.3 is 14.2 Å². The molecule has 0 bridgehead atoms. The molecule has 1 aliphatic heterocycles. The number of pyridine rings is 1. The van der Waals surface area contributed by atoms with Crippen LogP contribution in [0.15, 0.2) is 23.0 Å². The van der Waals surface area contributed by atoms with E-state index in [9.17, 15) is 4.79 Å². The van der Waals surface area contributed by atoms with Crippen LogP contribution in [-0.2, 0) is 16.0 Å². The molecule has 2 atom stereocenters. The molecule has 0 aromatic carbocycles. The Morgan fingerprint density at radius 3 is 2.96 bits per heavy atom. The topological polar surface area (TPSA) is 81.4 Å². The van der Waals surface area contributed by atoms with E-state index in [1.54, 1.807) is 12.4 Å². The van der Waals surface area contributed by atoms with Gasteiger partial charge in [-0.25, -0.2) is 0 Å². The minimum atomic E-state index is -0.355. The molecule has 7 nitrogen and oxygen atoms in total. The Morgan fingerprint density at radius 1 is 1.36 bits per heavy atom. The molecule has 3 heterocycles. The van der Waals surface area contributed by atoms with Crippen molar-refractivity contribution in [1.82, 2.24) is 20.0 Å². The Morgan fingerprint density at radius 2 is 2.20 bits per heavy atom. The van der Waals surface area contributed by atoms with Crippen molar-refractivity contribution in [3.63, 3.8) is 0 Å². The van der Waals surface area contributed by atoms with E-state index in [1.165, 1.54) is 0 Å². The maximum absolute atomic E-state index is 12.7. The first-order valence-electron chi connectivity index (χ1n) is 8.76. The van der Waals surface area contributed by atoms with Gasteiger partial charge in [-0.05, 0) is 43.9 Å². The van der Waals surface area contributed by atoms with Crippen molar-refractivity contribution in [2.24, 2.45) is 0 Å². The summed E-state index contributed by atoms with van der Waals surface area (Å²) in [6.45, 7) is 4.95. The van der Waals surface area contributed by atoms with Crippen molar-refractivity contribution < 1.29 is 14.1 Å². The summed E-state index contributed by atoms with van der Waals surface area (Å²) in [5.41, 5.74) is 2.03. The molecule has 7 heteroatoms. The lowest BCUT2D eigenvalue weighted by molar-refractivity contribution is -0.146. The van der Waals surface area contributed by atoms with Crippen LogP contribution in [0.1, 0.15) is 54.6 Å². The van der Waals surface area contributed by atoms with Gasteiger partial charge in [0, 0.05) is 24.9 Å². The first kappa shape index (κ1) is 16.2. The normalized spacial score (nSPS) is 23.7. The van der Waals surface area contributed by atoms with Gasteiger partial charge >= 0.3 is 0 Å². The molecule has 0 radical (unpaired) electrons. The lowest BCUT2D eigenvalue weighted by atomic mass is 10.1. The standard InChI is InChI=1S/C18H22N4O3/c1-11-8-19-6-5-14(11)7-16(23)22-9-12(2)24-15(10-22)18-20-17(21-25-18)13-3-4-13/h5-6,8,12-13,15H,3-4,7,9-10H2,1-2H3/t12-,15-/m1/s1. The van der Waals surface area contributed by atoms with Crippen molar-refractivity contribution in [3.8, 4) is 0 Å². The predicted molar refractivity (Wildman–Crippen MR) is 88.8 cm³/mol. The van der Waals surface area contributed by atoms with Gasteiger partial charge in [0.25, 0.3) is 5.89 Å². The van der Waals surface area contributed by atoms with Gasteiger partial charge in [0.15, 0.2) is 11.9 Å². The number of carbonyl (C=O) groups excluding carboxylic acids is 1. The number of aryl methyl sites for hydroxylation is 1. The summed E-state index contributed by atoms with van der Waals surface area (Å²) in [7, 11) is 0. The third kappa shape index (κ3) is 3.56. The Kier molecular flexibility index (Phi) is 4.25. The maximum Gasteiger partial charge on any atom is 0.257 e. The van der Waals surface area contributed by atoms with Crippen LogP contribution in [0.5, 0.6) is 0 Å². The molecule has 2 fully saturated rings. The third-order valence-electron chi connectivity index (χ3n) is 4.77. The summed E-state index contributed by atoms with van der Waals surface area (Å²) in [6.07, 6.45) is 5.69. The number of morpholine rings is 1. The maximum atomic E-state index is 12.7. The number of aromatic nitrogens is 3. The number of rotatable bonds is 4. The van der Waals surface area contributed by atoms with Crippen LogP contribution in [0.4, 0.5) is 0 Å². The molecule has 1 amide bonds. The zero-order valence-corrected chi connectivity index (χ0v) is 14.5. The second kappa shape index (κ2) is 6.55. The highest BCUT2D eigenvalue weighted by Crippen LogP contribution is 2.39. The van der Waals surface area contributed by atoms with Gasteiger partial charge in [-0.3, -0.25) is 9.78 Å². The monoisotopic (exact) mass is 342 g/mol. The zero-order chi connectivity index (χ0) is 17.4. The highest BCUT2D eigenvalue weighted by Gasteiger charge is 2.35. The third-order valence-corrected chi connectivity index (χ3v) is 4.77. The Labute approximate surface area is 146 Å². The van der Waals surface area contributed by atoms with Gasteiger partial charge in [-0.2, -0.15) is 4.98 Å². The van der Waals surface area contributed by atoms with Crippen LogP contribution in [0.2, 0.25) is 0 Å². The first-order chi connectivity index (χ1) is 12.1. The van der Waals surface area contributed by atoms with Gasteiger partial charge in [0.05, 0.1) is 19.1 Å². The van der Waals surface area contributed by atoms with Crippen LogP contribution in [0, 0.1) is 6.92 Å². The SMILES string of the molecule is Cc1cnccc1CC(=O)N1C[C@@H](C)O[C@@H](c2nc(C3CC3)no2)C1. The van der Waals surface area contributed by atoms with Crippen molar-refractivity contribution in [3.05, 3.63) is 41.3 Å². The molecule has 25 heavy (non-hydrogen) atoms. The van der Waals surface area contributed by atoms with Crippen molar-refractivity contribution in [1.29, 1.82) is 0 Å². The van der Waals surface area contributed by atoms with Crippen LogP contribution < -0.4 is 0 Å². The largest absolute Gasteiger partial charge is 0.362 e. The molecule has 0 N–H and O–H groups in total. The fourth-order valence-electron chi connectivity index (χ4n) is 3.15. The lowest BCUT2D eigenvalue weighted by Gasteiger charge is -2.35. The van der Waals surface area contributed by atoms with Crippen LogP contribution in [-0.4, -0.2) is 45.1 Å². The molecule has 2 aromatic heterocycles. The lowest BCUT2D eigenvalue weighted by Crippen LogP contribution is -2.46. The van der Waals surface area contributed by atoms with Crippen LogP contribution in [0.25, 0.3) is 0 Å². The molecule has 1 saturated carbocycles. The molecule has 1 aliphatic carbocycles.